The summed E-state index contributed by atoms with van der Waals surface area (Å²) < 4.78 is 0.997. The van der Waals surface area contributed by atoms with Crippen molar-refractivity contribution in [1.82, 2.24) is 10.2 Å². The molecule has 1 aromatic carbocycles. The lowest BCUT2D eigenvalue weighted by Crippen LogP contribution is -1.80. The van der Waals surface area contributed by atoms with E-state index in [1.807, 2.05) is 33.8 Å². The molecule has 0 fully saturated rings. The Bertz CT molecular complexity index is 477. The highest BCUT2D eigenvalue weighted by atomic mass is 79.9. The topological polar surface area (TPSA) is 28.7 Å². The van der Waals surface area contributed by atoms with E-state index in [4.69, 9.17) is 11.6 Å². The van der Waals surface area contributed by atoms with Crippen LogP contribution in [-0.2, 0) is 0 Å². The Morgan fingerprint density at radius 3 is 2.53 bits per heavy atom. The quantitative estimate of drug-likeness (QED) is 0.753. The molecule has 82 valence electrons. The number of nitrogens with zero attached hydrogens (tertiary/aromatic N) is 1. The van der Waals surface area contributed by atoms with E-state index in [0.29, 0.717) is 0 Å². The van der Waals surface area contributed by atoms with Crippen LogP contribution >= 0.6 is 27.5 Å². The minimum atomic E-state index is 0.774. The number of rotatable bonds is 0. The van der Waals surface area contributed by atoms with Crippen LogP contribution in [-0.4, -0.2) is 10.2 Å². The first-order valence-electron chi connectivity index (χ1n) is 4.90. The van der Waals surface area contributed by atoms with Gasteiger partial charge in [-0.25, -0.2) is 0 Å². The zero-order chi connectivity index (χ0) is 11.6. The minimum absolute atomic E-state index is 0.774. The van der Waals surface area contributed by atoms with Crippen molar-refractivity contribution in [3.05, 3.63) is 26.8 Å². The number of hydrogen-bond acceptors (Lipinski definition) is 1. The lowest BCUT2D eigenvalue weighted by molar-refractivity contribution is 1.07. The summed E-state index contributed by atoms with van der Waals surface area (Å²) in [6.45, 7) is 7.95. The van der Waals surface area contributed by atoms with E-state index in [1.54, 1.807) is 0 Å². The Labute approximate surface area is 103 Å². The van der Waals surface area contributed by atoms with Gasteiger partial charge in [0.2, 0.25) is 0 Å². The molecule has 2 aromatic rings. The molecule has 1 N–H and O–H groups in total. The summed E-state index contributed by atoms with van der Waals surface area (Å²) in [4.78, 5) is 0. The summed E-state index contributed by atoms with van der Waals surface area (Å²) in [6, 6.07) is 1.97. The number of hydrogen-bond donors (Lipinski definition) is 1. The number of nitrogens with one attached hydrogen (secondary N) is 1. The van der Waals surface area contributed by atoms with Crippen molar-refractivity contribution in [2.45, 2.75) is 27.7 Å². The molecule has 0 atom stereocenters. The zero-order valence-corrected chi connectivity index (χ0v) is 11.6. The third-order valence-electron chi connectivity index (χ3n) is 2.15. The van der Waals surface area contributed by atoms with Gasteiger partial charge in [0, 0.05) is 15.6 Å². The van der Waals surface area contributed by atoms with E-state index in [2.05, 4.69) is 26.1 Å². The highest BCUT2D eigenvalue weighted by molar-refractivity contribution is 9.10. The zero-order valence-electron chi connectivity index (χ0n) is 9.28. The van der Waals surface area contributed by atoms with Crippen LogP contribution in [0.15, 0.2) is 10.5 Å². The van der Waals surface area contributed by atoms with Crippen LogP contribution < -0.4 is 0 Å². The first kappa shape index (κ1) is 12.5. The van der Waals surface area contributed by atoms with Crippen molar-refractivity contribution in [3.63, 3.8) is 0 Å². The summed E-state index contributed by atoms with van der Waals surface area (Å²) in [5.41, 5.74) is 2.97. The van der Waals surface area contributed by atoms with E-state index in [-0.39, 0.29) is 0 Å². The molecule has 0 spiro atoms. The van der Waals surface area contributed by atoms with Gasteiger partial charge in [0.15, 0.2) is 0 Å². The Morgan fingerprint density at radius 2 is 1.93 bits per heavy atom. The van der Waals surface area contributed by atoms with E-state index in [0.717, 1.165) is 31.7 Å². The molecule has 0 aliphatic carbocycles. The molecule has 0 unspecified atom stereocenters. The molecular formula is C11H14BrClN2. The van der Waals surface area contributed by atoms with Gasteiger partial charge in [-0.3, -0.25) is 5.10 Å². The number of aromatic amines is 1. The maximum absolute atomic E-state index is 6.19. The maximum atomic E-state index is 6.19. The predicted octanol–water partition coefficient (Wildman–Crippen LogP) is 4.62. The Kier molecular flexibility index (Phi) is 4.17. The van der Waals surface area contributed by atoms with Crippen molar-refractivity contribution in [2.75, 3.05) is 0 Å². The first-order valence-corrected chi connectivity index (χ1v) is 6.07. The number of fused-ring (bicyclic) bond motifs is 1. The summed E-state index contributed by atoms with van der Waals surface area (Å²) in [7, 11) is 0. The summed E-state index contributed by atoms with van der Waals surface area (Å²) in [5, 5.41) is 8.85. The normalized spacial score (nSPS) is 10.0. The van der Waals surface area contributed by atoms with Gasteiger partial charge in [-0.2, -0.15) is 5.10 Å². The summed E-state index contributed by atoms with van der Waals surface area (Å²) >= 11 is 9.63. The van der Waals surface area contributed by atoms with Gasteiger partial charge in [0.05, 0.1) is 10.5 Å². The smallest absolute Gasteiger partial charge is 0.0950 e. The van der Waals surface area contributed by atoms with Gasteiger partial charge in [0.1, 0.15) is 0 Å². The van der Waals surface area contributed by atoms with Crippen LogP contribution in [0.5, 0.6) is 0 Å². The van der Waals surface area contributed by atoms with Gasteiger partial charge < -0.3 is 0 Å². The standard InChI is InChI=1S/C9H8BrClN2.C2H6/c1-4-6(10)3-7-8(9(4)11)5(2)12-13-7;1-2/h3H,1-2H3,(H,12,13);1-2H3. The second-order valence-corrected chi connectivity index (χ2v) is 4.27. The molecule has 4 heteroatoms. The number of H-pyrrole nitrogens is 1. The fraction of sp³-hybridized carbons (Fsp3) is 0.364. The monoisotopic (exact) mass is 288 g/mol. The van der Waals surface area contributed by atoms with Gasteiger partial charge in [-0.15, -0.1) is 0 Å². The van der Waals surface area contributed by atoms with Crippen LogP contribution in [0.2, 0.25) is 5.02 Å². The predicted molar refractivity (Wildman–Crippen MR) is 69.6 cm³/mol. The highest BCUT2D eigenvalue weighted by Gasteiger charge is 2.10. The van der Waals surface area contributed by atoms with E-state index in [9.17, 15) is 0 Å². The van der Waals surface area contributed by atoms with Gasteiger partial charge in [0.25, 0.3) is 0 Å². The molecule has 0 radical (unpaired) electrons. The number of aryl methyl sites for hydroxylation is 1. The van der Waals surface area contributed by atoms with E-state index < -0.39 is 0 Å². The summed E-state index contributed by atoms with van der Waals surface area (Å²) in [6.07, 6.45) is 0. The van der Waals surface area contributed by atoms with Crippen molar-refractivity contribution in [2.24, 2.45) is 0 Å². The van der Waals surface area contributed by atoms with Crippen molar-refractivity contribution >= 4 is 38.4 Å². The molecule has 0 bridgehead atoms. The lowest BCUT2D eigenvalue weighted by Gasteiger charge is -2.02. The van der Waals surface area contributed by atoms with Crippen LogP contribution in [0.1, 0.15) is 25.1 Å². The third-order valence-corrected chi connectivity index (χ3v) is 3.44. The largest absolute Gasteiger partial charge is 0.282 e. The first-order chi connectivity index (χ1) is 7.11. The minimum Gasteiger partial charge on any atom is -0.282 e. The van der Waals surface area contributed by atoms with Crippen LogP contribution in [0, 0.1) is 13.8 Å². The number of aromatic nitrogens is 2. The van der Waals surface area contributed by atoms with Crippen LogP contribution in [0.4, 0.5) is 0 Å². The molecule has 0 aliphatic rings. The maximum Gasteiger partial charge on any atom is 0.0950 e. The molecule has 0 aliphatic heterocycles. The van der Waals surface area contributed by atoms with Gasteiger partial charge in [-0.1, -0.05) is 41.4 Å². The van der Waals surface area contributed by atoms with E-state index in [1.165, 1.54) is 0 Å². The Balaban J connectivity index is 0.000000531. The fourth-order valence-electron chi connectivity index (χ4n) is 1.35. The molecular weight excluding hydrogens is 275 g/mol. The molecule has 0 saturated carbocycles. The molecule has 0 saturated heterocycles. The van der Waals surface area contributed by atoms with Crippen molar-refractivity contribution in [3.8, 4) is 0 Å². The molecule has 0 amide bonds. The van der Waals surface area contributed by atoms with Crippen LogP contribution in [0.3, 0.4) is 0 Å². The lowest BCUT2D eigenvalue weighted by atomic mass is 10.1. The van der Waals surface area contributed by atoms with E-state index >= 15 is 0 Å². The molecule has 1 heterocycles. The van der Waals surface area contributed by atoms with Gasteiger partial charge in [-0.05, 0) is 25.5 Å². The molecule has 1 aromatic heterocycles. The third kappa shape index (κ3) is 2.18. The Morgan fingerprint density at radius 1 is 1.33 bits per heavy atom. The molecule has 2 nitrogen and oxygen atoms in total. The molecule has 2 rings (SSSR count). The average molecular weight is 290 g/mol. The average Bonchev–Trinajstić information content (AvgIpc) is 2.60. The second-order valence-electron chi connectivity index (χ2n) is 3.04. The fourth-order valence-corrected chi connectivity index (χ4v) is 2.22. The number of halogens is 2. The van der Waals surface area contributed by atoms with Gasteiger partial charge >= 0.3 is 0 Å². The molecule has 15 heavy (non-hydrogen) atoms. The summed E-state index contributed by atoms with van der Waals surface area (Å²) in [5.74, 6) is 0. The number of benzene rings is 1. The van der Waals surface area contributed by atoms with Crippen LogP contribution in [0.25, 0.3) is 10.9 Å². The van der Waals surface area contributed by atoms with Crippen molar-refractivity contribution < 1.29 is 0 Å². The highest BCUT2D eigenvalue weighted by Crippen LogP contribution is 2.33. The van der Waals surface area contributed by atoms with Crippen molar-refractivity contribution in [1.29, 1.82) is 0 Å². The second kappa shape index (κ2) is 4.99. The Hall–Kier alpha value is -0.540. The SMILES string of the molecule is CC.Cc1c(Br)cc2n[nH]c(C)c2c1Cl.